The van der Waals surface area contributed by atoms with E-state index in [1.54, 1.807) is 0 Å². The molecule has 1 amide bonds. The lowest BCUT2D eigenvalue weighted by Crippen LogP contribution is -2.28. The zero-order valence-corrected chi connectivity index (χ0v) is 13.9. The largest absolute Gasteiger partial charge is 0.344 e. The molecule has 2 heterocycles. The molecule has 7 nitrogen and oxygen atoms in total. The van der Waals surface area contributed by atoms with Crippen molar-refractivity contribution >= 4 is 16.9 Å². The number of imidazole rings is 1. The van der Waals surface area contributed by atoms with Crippen molar-refractivity contribution in [3.63, 3.8) is 0 Å². The Morgan fingerprint density at radius 2 is 2.16 bits per heavy atom. The Bertz CT molecular complexity index is 909. The molecule has 128 valence electrons. The van der Waals surface area contributed by atoms with E-state index >= 15 is 0 Å². The fourth-order valence-corrected chi connectivity index (χ4v) is 3.25. The highest BCUT2D eigenvalue weighted by molar-refractivity contribution is 5.83. The molecule has 2 saturated carbocycles. The van der Waals surface area contributed by atoms with Gasteiger partial charge in [0.1, 0.15) is 11.9 Å². The van der Waals surface area contributed by atoms with Crippen LogP contribution in [-0.4, -0.2) is 26.0 Å². The molecule has 2 aliphatic carbocycles. The lowest BCUT2D eigenvalue weighted by atomic mass is 10.2. The minimum Gasteiger partial charge on any atom is -0.344 e. The smallest absolute Gasteiger partial charge is 0.248 e. The third-order valence-corrected chi connectivity index (χ3v) is 5.02. The van der Waals surface area contributed by atoms with Crippen LogP contribution in [0.5, 0.6) is 0 Å². The normalized spacial score (nSPS) is 23.6. The second-order valence-corrected chi connectivity index (χ2v) is 7.08. The molecular formula is C18H19N5O2. The van der Waals surface area contributed by atoms with Gasteiger partial charge in [-0.2, -0.15) is 4.98 Å². The number of nitrogens with one attached hydrogen (secondary N) is 2. The molecule has 7 heteroatoms. The fraction of sp³-hybridized carbons (Fsp3) is 0.444. The summed E-state index contributed by atoms with van der Waals surface area (Å²) >= 11 is 0. The minimum absolute atomic E-state index is 0.0177. The van der Waals surface area contributed by atoms with E-state index in [4.69, 9.17) is 4.52 Å². The van der Waals surface area contributed by atoms with Gasteiger partial charge in [-0.1, -0.05) is 17.3 Å². The SMILES string of the molecule is C[C@@H](NC(=O)[C@H]1C[C@@H]1c1nc2ccccc2[nH]1)c1nc(C2CC2)no1. The topological polar surface area (TPSA) is 96.7 Å². The quantitative estimate of drug-likeness (QED) is 0.746. The van der Waals surface area contributed by atoms with E-state index in [0.29, 0.717) is 11.8 Å². The molecule has 0 spiro atoms. The summed E-state index contributed by atoms with van der Waals surface area (Å²) in [6, 6.07) is 7.64. The summed E-state index contributed by atoms with van der Waals surface area (Å²) in [6.45, 7) is 1.88. The van der Waals surface area contributed by atoms with Crippen molar-refractivity contribution in [3.8, 4) is 0 Å². The van der Waals surface area contributed by atoms with Crippen LogP contribution >= 0.6 is 0 Å². The van der Waals surface area contributed by atoms with E-state index in [-0.39, 0.29) is 23.8 Å². The summed E-state index contributed by atoms with van der Waals surface area (Å²) in [5.74, 6) is 2.71. The summed E-state index contributed by atoms with van der Waals surface area (Å²) in [5.41, 5.74) is 1.95. The predicted molar refractivity (Wildman–Crippen MR) is 89.8 cm³/mol. The average molecular weight is 337 g/mol. The van der Waals surface area contributed by atoms with Crippen LogP contribution < -0.4 is 5.32 Å². The minimum atomic E-state index is -0.274. The number of carbonyl (C=O) groups excluding carboxylic acids is 1. The molecule has 0 saturated heterocycles. The van der Waals surface area contributed by atoms with Gasteiger partial charge >= 0.3 is 0 Å². The maximum absolute atomic E-state index is 12.5. The van der Waals surface area contributed by atoms with Gasteiger partial charge in [-0.05, 0) is 38.3 Å². The van der Waals surface area contributed by atoms with Crippen molar-refractivity contribution in [2.45, 2.75) is 44.1 Å². The Morgan fingerprint density at radius 1 is 1.32 bits per heavy atom. The fourth-order valence-electron chi connectivity index (χ4n) is 3.25. The van der Waals surface area contributed by atoms with Gasteiger partial charge in [0.15, 0.2) is 5.82 Å². The molecule has 2 N–H and O–H groups in total. The van der Waals surface area contributed by atoms with Crippen molar-refractivity contribution in [2.24, 2.45) is 5.92 Å². The number of aromatic nitrogens is 4. The first kappa shape index (κ1) is 14.6. The molecule has 0 aliphatic heterocycles. The maximum atomic E-state index is 12.5. The first-order valence-corrected chi connectivity index (χ1v) is 8.77. The monoisotopic (exact) mass is 337 g/mol. The van der Waals surface area contributed by atoms with Crippen LogP contribution in [0.4, 0.5) is 0 Å². The Morgan fingerprint density at radius 3 is 2.96 bits per heavy atom. The highest BCUT2D eigenvalue weighted by Crippen LogP contribution is 2.47. The molecule has 1 aromatic carbocycles. The number of aromatic amines is 1. The number of carbonyl (C=O) groups is 1. The lowest BCUT2D eigenvalue weighted by molar-refractivity contribution is -0.123. The number of hydrogen-bond donors (Lipinski definition) is 2. The van der Waals surface area contributed by atoms with Crippen LogP contribution in [-0.2, 0) is 4.79 Å². The van der Waals surface area contributed by atoms with E-state index < -0.39 is 0 Å². The van der Waals surface area contributed by atoms with Crippen LogP contribution in [0.15, 0.2) is 28.8 Å². The number of para-hydroxylation sites is 2. The second kappa shape index (κ2) is 5.40. The van der Waals surface area contributed by atoms with E-state index in [1.807, 2.05) is 31.2 Å². The Balaban J connectivity index is 1.24. The molecule has 0 radical (unpaired) electrons. The first-order chi connectivity index (χ1) is 12.2. The standard InChI is InChI=1S/C18H19N5O2/c1-9(18-22-15(23-25-18)10-6-7-10)19-17(24)12-8-11(12)16-20-13-4-2-3-5-14(13)21-16/h2-5,9-12H,6-8H2,1H3,(H,19,24)(H,20,21)/t9-,11+,12+/m1/s1. The van der Waals surface area contributed by atoms with Gasteiger partial charge < -0.3 is 14.8 Å². The molecule has 0 unspecified atom stereocenters. The van der Waals surface area contributed by atoms with Gasteiger partial charge in [-0.15, -0.1) is 0 Å². The van der Waals surface area contributed by atoms with Crippen LogP contribution in [0.2, 0.25) is 0 Å². The summed E-state index contributed by atoms with van der Waals surface area (Å²) in [7, 11) is 0. The molecule has 5 rings (SSSR count). The number of benzene rings is 1. The highest BCUT2D eigenvalue weighted by Gasteiger charge is 2.46. The zero-order valence-electron chi connectivity index (χ0n) is 13.9. The molecule has 2 aromatic heterocycles. The Labute approximate surface area is 144 Å². The van der Waals surface area contributed by atoms with Gasteiger partial charge in [0, 0.05) is 17.8 Å². The molecule has 2 fully saturated rings. The van der Waals surface area contributed by atoms with Crippen molar-refractivity contribution in [3.05, 3.63) is 41.8 Å². The first-order valence-electron chi connectivity index (χ1n) is 8.77. The van der Waals surface area contributed by atoms with Crippen molar-refractivity contribution < 1.29 is 9.32 Å². The molecular weight excluding hydrogens is 318 g/mol. The van der Waals surface area contributed by atoms with Crippen LogP contribution in [0.3, 0.4) is 0 Å². The van der Waals surface area contributed by atoms with E-state index in [1.165, 1.54) is 0 Å². The summed E-state index contributed by atoms with van der Waals surface area (Å²) in [5, 5.41) is 6.99. The van der Waals surface area contributed by atoms with Gasteiger partial charge in [0.05, 0.1) is 11.0 Å². The third-order valence-electron chi connectivity index (χ3n) is 5.02. The van der Waals surface area contributed by atoms with Gasteiger partial charge in [0.25, 0.3) is 0 Å². The average Bonchev–Trinajstić information content (AvgIpc) is 3.53. The van der Waals surface area contributed by atoms with Gasteiger partial charge in [-0.25, -0.2) is 4.98 Å². The summed E-state index contributed by atoms with van der Waals surface area (Å²) < 4.78 is 5.29. The molecule has 3 aromatic rings. The number of amides is 1. The number of nitrogens with zero attached hydrogens (tertiary/aromatic N) is 3. The summed E-state index contributed by atoms with van der Waals surface area (Å²) in [6.07, 6.45) is 3.07. The van der Waals surface area contributed by atoms with Gasteiger partial charge in [0.2, 0.25) is 11.8 Å². The van der Waals surface area contributed by atoms with Crippen molar-refractivity contribution in [1.29, 1.82) is 0 Å². The van der Waals surface area contributed by atoms with Gasteiger partial charge in [-0.3, -0.25) is 4.79 Å². The van der Waals surface area contributed by atoms with E-state index in [2.05, 4.69) is 25.4 Å². The molecule has 25 heavy (non-hydrogen) atoms. The number of H-pyrrole nitrogens is 1. The number of fused-ring (bicyclic) bond motifs is 1. The van der Waals surface area contributed by atoms with E-state index in [9.17, 15) is 4.79 Å². The maximum Gasteiger partial charge on any atom is 0.248 e. The highest BCUT2D eigenvalue weighted by atomic mass is 16.5. The number of hydrogen-bond acceptors (Lipinski definition) is 5. The molecule has 3 atom stereocenters. The zero-order chi connectivity index (χ0) is 17.0. The second-order valence-electron chi connectivity index (χ2n) is 7.08. The Hall–Kier alpha value is -2.70. The van der Waals surface area contributed by atoms with Crippen LogP contribution in [0.25, 0.3) is 11.0 Å². The van der Waals surface area contributed by atoms with E-state index in [0.717, 1.165) is 41.9 Å². The molecule has 0 bridgehead atoms. The Kier molecular flexibility index (Phi) is 3.16. The van der Waals surface area contributed by atoms with Crippen molar-refractivity contribution in [2.75, 3.05) is 0 Å². The van der Waals surface area contributed by atoms with Crippen molar-refractivity contribution in [1.82, 2.24) is 25.4 Å². The predicted octanol–water partition coefficient (Wildman–Crippen LogP) is 2.80. The van der Waals surface area contributed by atoms with Crippen LogP contribution in [0, 0.1) is 5.92 Å². The van der Waals surface area contributed by atoms with Crippen LogP contribution in [0.1, 0.15) is 61.6 Å². The molecule has 2 aliphatic rings. The number of rotatable bonds is 5. The summed E-state index contributed by atoms with van der Waals surface area (Å²) in [4.78, 5) is 24.8. The third kappa shape index (κ3) is 2.69. The lowest BCUT2D eigenvalue weighted by Gasteiger charge is -2.09.